The van der Waals surface area contributed by atoms with E-state index in [1.54, 1.807) is 10.6 Å². The van der Waals surface area contributed by atoms with E-state index in [9.17, 15) is 14.7 Å². The maximum absolute atomic E-state index is 15.2. The molecule has 0 atom stereocenters. The summed E-state index contributed by atoms with van der Waals surface area (Å²) in [6, 6.07) is 10.6. The molecule has 1 fully saturated rings. The molecular weight excluding hydrogens is 437 g/mol. The normalized spacial score (nSPS) is 14.9. The number of benzene rings is 1. The van der Waals surface area contributed by atoms with Crippen LogP contribution in [0.15, 0.2) is 59.8 Å². The minimum atomic E-state index is -1.33. The van der Waals surface area contributed by atoms with Crippen molar-refractivity contribution in [2.24, 2.45) is 0 Å². The summed E-state index contributed by atoms with van der Waals surface area (Å²) in [6.07, 6.45) is 5.04. The lowest BCUT2D eigenvalue weighted by molar-refractivity contribution is 0.0694. The van der Waals surface area contributed by atoms with E-state index >= 15 is 4.39 Å². The van der Waals surface area contributed by atoms with Crippen LogP contribution in [0, 0.1) is 5.82 Å². The second kappa shape index (κ2) is 8.83. The van der Waals surface area contributed by atoms with E-state index < -0.39 is 17.2 Å². The Morgan fingerprint density at radius 2 is 1.74 bits per heavy atom. The van der Waals surface area contributed by atoms with Crippen LogP contribution in [-0.2, 0) is 6.54 Å². The number of aromatic amines is 2. The lowest BCUT2D eigenvalue weighted by atomic mass is 10.0. The van der Waals surface area contributed by atoms with Crippen LogP contribution in [0.5, 0.6) is 0 Å². The first-order chi connectivity index (χ1) is 16.4. The fraction of sp³-hybridized carbons (Fsp3) is 0.280. The summed E-state index contributed by atoms with van der Waals surface area (Å²) >= 11 is 0. The standard InChI is InChI=1S/C25H26FN5O3/c1-29-8-10-30(11-9-29)23-13-22-16(12-19(23)26)24(32)18(25(33)34)15-31(22)14-17(20-4-2-6-27-20)21-5-3-7-28-21/h2-7,12-13,15,17,27-28H,8-11,14H2,1H3,(H,33,34). The Hall–Kier alpha value is -3.85. The molecule has 1 aliphatic rings. The van der Waals surface area contributed by atoms with Gasteiger partial charge in [-0.1, -0.05) is 0 Å². The number of aromatic nitrogens is 3. The predicted molar refractivity (Wildman–Crippen MR) is 128 cm³/mol. The minimum absolute atomic E-state index is 0.0620. The third kappa shape index (κ3) is 3.99. The third-order valence-corrected chi connectivity index (χ3v) is 6.60. The third-order valence-electron chi connectivity index (χ3n) is 6.60. The number of H-pyrrole nitrogens is 2. The monoisotopic (exact) mass is 463 g/mol. The number of nitrogens with one attached hydrogen (secondary N) is 2. The molecule has 3 N–H and O–H groups in total. The molecule has 4 aromatic rings. The van der Waals surface area contributed by atoms with Crippen molar-refractivity contribution in [3.63, 3.8) is 0 Å². The molecule has 0 amide bonds. The van der Waals surface area contributed by atoms with Crippen molar-refractivity contribution in [2.75, 3.05) is 38.1 Å². The number of hydrogen-bond acceptors (Lipinski definition) is 4. The molecule has 0 bridgehead atoms. The van der Waals surface area contributed by atoms with Gasteiger partial charge in [-0.25, -0.2) is 9.18 Å². The molecule has 1 aromatic carbocycles. The van der Waals surface area contributed by atoms with Gasteiger partial charge >= 0.3 is 5.97 Å². The van der Waals surface area contributed by atoms with Gasteiger partial charge in [0.25, 0.3) is 0 Å². The summed E-state index contributed by atoms with van der Waals surface area (Å²) in [5.74, 6) is -2.01. The zero-order chi connectivity index (χ0) is 23.8. The maximum Gasteiger partial charge on any atom is 0.341 e. The molecule has 0 radical (unpaired) electrons. The predicted octanol–water partition coefficient (Wildman–Crippen LogP) is 3.08. The Balaban J connectivity index is 1.67. The molecule has 1 saturated heterocycles. The first-order valence-electron chi connectivity index (χ1n) is 11.2. The summed E-state index contributed by atoms with van der Waals surface area (Å²) < 4.78 is 16.9. The number of carboxylic acids is 1. The summed E-state index contributed by atoms with van der Waals surface area (Å²) in [5, 5.41) is 9.73. The molecule has 4 heterocycles. The molecule has 176 valence electrons. The molecule has 34 heavy (non-hydrogen) atoms. The Morgan fingerprint density at radius 1 is 1.09 bits per heavy atom. The minimum Gasteiger partial charge on any atom is -0.477 e. The van der Waals surface area contributed by atoms with Crippen molar-refractivity contribution >= 4 is 22.6 Å². The highest BCUT2D eigenvalue weighted by molar-refractivity contribution is 5.93. The van der Waals surface area contributed by atoms with Crippen LogP contribution in [0.25, 0.3) is 10.9 Å². The van der Waals surface area contributed by atoms with Gasteiger partial charge in [0.1, 0.15) is 11.4 Å². The fourth-order valence-corrected chi connectivity index (χ4v) is 4.68. The number of nitrogens with zero attached hydrogens (tertiary/aromatic N) is 3. The van der Waals surface area contributed by atoms with E-state index in [-0.39, 0.29) is 16.9 Å². The van der Waals surface area contributed by atoms with Crippen LogP contribution in [0.1, 0.15) is 27.7 Å². The number of aromatic carboxylic acids is 1. The molecule has 0 spiro atoms. The number of likely N-dealkylation sites (N-methyl/N-ethyl adjacent to an activating group) is 1. The Bertz CT molecular complexity index is 1340. The number of piperazine rings is 1. The summed E-state index contributed by atoms with van der Waals surface area (Å²) in [5.41, 5.74) is 1.75. The maximum atomic E-state index is 15.2. The van der Waals surface area contributed by atoms with Crippen molar-refractivity contribution in [1.29, 1.82) is 0 Å². The van der Waals surface area contributed by atoms with Gasteiger partial charge in [0.05, 0.1) is 17.1 Å². The molecule has 0 unspecified atom stereocenters. The van der Waals surface area contributed by atoms with Gasteiger partial charge in [0.15, 0.2) is 0 Å². The number of hydrogen-bond donors (Lipinski definition) is 3. The van der Waals surface area contributed by atoms with E-state index in [1.165, 1.54) is 12.3 Å². The summed E-state index contributed by atoms with van der Waals surface area (Å²) in [7, 11) is 2.03. The van der Waals surface area contributed by atoms with Crippen molar-refractivity contribution in [3.05, 3.63) is 88.0 Å². The summed E-state index contributed by atoms with van der Waals surface area (Å²) in [4.78, 5) is 35.4. The SMILES string of the molecule is CN1CCN(c2cc3c(cc2F)c(=O)c(C(=O)O)cn3CC(c2ccc[nH]2)c2ccc[nH]2)CC1. The molecular formula is C25H26FN5O3. The second-order valence-electron chi connectivity index (χ2n) is 8.74. The van der Waals surface area contributed by atoms with Gasteiger partial charge in [-0.05, 0) is 43.4 Å². The largest absolute Gasteiger partial charge is 0.477 e. The van der Waals surface area contributed by atoms with Crippen molar-refractivity contribution in [3.8, 4) is 0 Å². The van der Waals surface area contributed by atoms with Crippen LogP contribution in [-0.4, -0.2) is 63.7 Å². The Kier molecular flexibility index (Phi) is 5.70. The van der Waals surface area contributed by atoms with E-state index in [2.05, 4.69) is 14.9 Å². The molecule has 1 aliphatic heterocycles. The molecule has 5 rings (SSSR count). The van der Waals surface area contributed by atoms with Gasteiger partial charge in [0, 0.05) is 68.1 Å². The number of pyridine rings is 1. The average molecular weight is 464 g/mol. The first-order valence-corrected chi connectivity index (χ1v) is 11.2. The van der Waals surface area contributed by atoms with Gasteiger partial charge in [-0.15, -0.1) is 0 Å². The fourth-order valence-electron chi connectivity index (χ4n) is 4.68. The number of rotatable bonds is 6. The van der Waals surface area contributed by atoms with Crippen LogP contribution < -0.4 is 10.3 Å². The second-order valence-corrected chi connectivity index (χ2v) is 8.74. The zero-order valence-electron chi connectivity index (χ0n) is 18.8. The van der Waals surface area contributed by atoms with Crippen molar-refractivity contribution in [1.82, 2.24) is 19.4 Å². The van der Waals surface area contributed by atoms with Crippen LogP contribution >= 0.6 is 0 Å². The average Bonchev–Trinajstić information content (AvgIpc) is 3.54. The van der Waals surface area contributed by atoms with E-state index in [0.717, 1.165) is 24.5 Å². The Morgan fingerprint density at radius 3 is 2.29 bits per heavy atom. The molecule has 0 aliphatic carbocycles. The van der Waals surface area contributed by atoms with Crippen LogP contribution in [0.3, 0.4) is 0 Å². The molecule has 3 aromatic heterocycles. The highest BCUT2D eigenvalue weighted by Crippen LogP contribution is 2.29. The smallest absolute Gasteiger partial charge is 0.341 e. The molecule has 8 nitrogen and oxygen atoms in total. The summed E-state index contributed by atoms with van der Waals surface area (Å²) in [6.45, 7) is 3.31. The van der Waals surface area contributed by atoms with Crippen LogP contribution in [0.2, 0.25) is 0 Å². The number of halogens is 1. The van der Waals surface area contributed by atoms with Gasteiger partial charge in [-0.3, -0.25) is 4.79 Å². The van der Waals surface area contributed by atoms with Crippen molar-refractivity contribution in [2.45, 2.75) is 12.5 Å². The van der Waals surface area contributed by atoms with E-state index in [4.69, 9.17) is 0 Å². The van der Waals surface area contributed by atoms with Gasteiger partial charge in [-0.2, -0.15) is 0 Å². The Labute approximate surface area is 195 Å². The van der Waals surface area contributed by atoms with Gasteiger partial charge in [0.2, 0.25) is 5.43 Å². The van der Waals surface area contributed by atoms with E-state index in [1.807, 2.05) is 48.6 Å². The number of carbonyl (C=O) groups is 1. The highest BCUT2D eigenvalue weighted by atomic mass is 19.1. The number of anilines is 1. The topological polar surface area (TPSA) is 97.4 Å². The lowest BCUT2D eigenvalue weighted by Crippen LogP contribution is -2.44. The lowest BCUT2D eigenvalue weighted by Gasteiger charge is -2.34. The quantitative estimate of drug-likeness (QED) is 0.408. The number of carboxylic acid groups (broad SMARTS) is 1. The zero-order valence-corrected chi connectivity index (χ0v) is 18.8. The van der Waals surface area contributed by atoms with E-state index in [0.29, 0.717) is 30.8 Å². The van der Waals surface area contributed by atoms with Crippen molar-refractivity contribution < 1.29 is 14.3 Å². The van der Waals surface area contributed by atoms with Crippen LogP contribution in [0.4, 0.5) is 10.1 Å². The first kappa shape index (κ1) is 22.0. The van der Waals surface area contributed by atoms with Gasteiger partial charge < -0.3 is 29.4 Å². The highest BCUT2D eigenvalue weighted by Gasteiger charge is 2.24. The number of fused-ring (bicyclic) bond motifs is 1. The molecule has 0 saturated carbocycles. The molecule has 9 heteroatoms.